The van der Waals surface area contributed by atoms with E-state index in [1.54, 1.807) is 0 Å². The van der Waals surface area contributed by atoms with Gasteiger partial charge < -0.3 is 1.43 Å². The maximum absolute atomic E-state index is 2.20. The summed E-state index contributed by atoms with van der Waals surface area (Å²) in [6.07, 6.45) is 0. The molecule has 0 N–H and O–H groups in total. The normalized spacial score (nSPS) is 8.70. The molecule has 0 unspecified atom stereocenters. The van der Waals surface area contributed by atoms with Crippen molar-refractivity contribution in [1.82, 2.24) is 0 Å². The van der Waals surface area contributed by atoms with E-state index in [2.05, 4.69) is 32.0 Å². The van der Waals surface area contributed by atoms with Crippen LogP contribution in [0.15, 0.2) is 18.2 Å². The summed E-state index contributed by atoms with van der Waals surface area (Å²) >= 11 is 0. The van der Waals surface area contributed by atoms with Crippen molar-refractivity contribution in [2.45, 2.75) is 13.8 Å². The Bertz CT molecular complexity index is 175. The van der Waals surface area contributed by atoms with Gasteiger partial charge in [-0.3, -0.25) is 0 Å². The molecular formula is C8H12LiSi. The van der Waals surface area contributed by atoms with Crippen LogP contribution >= 0.6 is 0 Å². The summed E-state index contributed by atoms with van der Waals surface area (Å²) < 4.78 is 0. The van der Waals surface area contributed by atoms with Gasteiger partial charge in [0.15, 0.2) is 0 Å². The van der Waals surface area contributed by atoms with Gasteiger partial charge in [0.1, 0.15) is 0 Å². The van der Waals surface area contributed by atoms with Crippen LogP contribution in [-0.4, -0.2) is 10.2 Å². The Balaban J connectivity index is 0. The fraction of sp³-hybridized carbons (Fsp3) is 0.250. The molecule has 0 aromatic heterocycles. The summed E-state index contributed by atoms with van der Waals surface area (Å²) in [5.74, 6) is 0. The molecule has 0 nitrogen and oxygen atoms in total. The fourth-order valence-corrected chi connectivity index (χ4v) is 1.71. The summed E-state index contributed by atoms with van der Waals surface area (Å²) in [6.45, 7) is 4.26. The van der Waals surface area contributed by atoms with Gasteiger partial charge in [-0.1, -0.05) is 34.5 Å². The van der Waals surface area contributed by atoms with Crippen molar-refractivity contribution >= 4 is 15.4 Å². The van der Waals surface area contributed by atoms with Crippen LogP contribution in [0.2, 0.25) is 0 Å². The van der Waals surface area contributed by atoms with E-state index < -0.39 is 0 Å². The second-order valence-corrected chi connectivity index (χ2v) is 3.31. The van der Waals surface area contributed by atoms with Gasteiger partial charge in [0.2, 0.25) is 0 Å². The average Bonchev–Trinajstić information content (AvgIpc) is 1.59. The molecular weight excluding hydrogens is 131 g/mol. The van der Waals surface area contributed by atoms with Crippen LogP contribution in [0.4, 0.5) is 0 Å². The largest absolute Gasteiger partial charge is 1.00 e. The quantitative estimate of drug-likeness (QED) is 0.358. The first-order valence-electron chi connectivity index (χ1n) is 3.09. The summed E-state index contributed by atoms with van der Waals surface area (Å²) in [5, 5.41) is 1.38. The smallest absolute Gasteiger partial charge is 1.00 e. The molecule has 0 amide bonds. The van der Waals surface area contributed by atoms with E-state index in [1.165, 1.54) is 16.3 Å². The third kappa shape index (κ3) is 2.75. The molecule has 0 aliphatic rings. The molecule has 0 saturated carbocycles. The number of rotatable bonds is 0. The van der Waals surface area contributed by atoms with Gasteiger partial charge in [0.25, 0.3) is 0 Å². The minimum absolute atomic E-state index is 0. The van der Waals surface area contributed by atoms with Crippen LogP contribution in [-0.2, 0) is 0 Å². The average molecular weight is 143 g/mol. The second kappa shape index (κ2) is 4.03. The Morgan fingerprint density at radius 2 is 1.50 bits per heavy atom. The standard InChI is InChI=1S/C8H11Si.Li.H/c1-6-3-7(2)5-8(9)4-6;;/h3-5H,9H2,1-2H3;;/q;+1;-1. The second-order valence-electron chi connectivity index (χ2n) is 2.50. The van der Waals surface area contributed by atoms with Crippen molar-refractivity contribution in [1.29, 1.82) is 0 Å². The Kier molecular flexibility index (Phi) is 4.04. The zero-order valence-corrected chi connectivity index (χ0v) is 8.35. The number of hydrogen-bond donors (Lipinski definition) is 0. The Morgan fingerprint density at radius 1 is 1.10 bits per heavy atom. The number of benzene rings is 1. The zero-order valence-electron chi connectivity index (χ0n) is 7.94. The minimum Gasteiger partial charge on any atom is -1.00 e. The predicted octanol–water partition coefficient (Wildman–Crippen LogP) is -2.32. The molecule has 0 heterocycles. The van der Waals surface area contributed by atoms with E-state index in [-0.39, 0.29) is 20.3 Å². The van der Waals surface area contributed by atoms with Gasteiger partial charge in [-0.05, 0) is 13.8 Å². The summed E-state index contributed by atoms with van der Waals surface area (Å²) in [6, 6.07) is 6.59. The first kappa shape index (κ1) is 10.0. The monoisotopic (exact) mass is 143 g/mol. The van der Waals surface area contributed by atoms with Crippen molar-refractivity contribution in [3.63, 3.8) is 0 Å². The molecule has 1 radical (unpaired) electrons. The molecule has 0 saturated heterocycles. The topological polar surface area (TPSA) is 0 Å². The Hall–Kier alpha value is 0.0343. The molecule has 1 rings (SSSR count). The number of aryl methyl sites for hydroxylation is 2. The SMILES string of the molecule is Cc1cc(C)cc([SiH2])c1.[H-].[Li+]. The molecule has 0 bridgehead atoms. The van der Waals surface area contributed by atoms with Crippen molar-refractivity contribution in [2.75, 3.05) is 0 Å². The summed E-state index contributed by atoms with van der Waals surface area (Å²) in [5.41, 5.74) is 2.72. The maximum atomic E-state index is 2.20. The molecule has 49 valence electrons. The van der Waals surface area contributed by atoms with Crippen molar-refractivity contribution in [3.05, 3.63) is 29.3 Å². The Labute approximate surface area is 79.1 Å². The summed E-state index contributed by atoms with van der Waals surface area (Å²) in [4.78, 5) is 0. The Morgan fingerprint density at radius 3 is 1.80 bits per heavy atom. The van der Waals surface area contributed by atoms with Gasteiger partial charge in [-0.15, -0.1) is 0 Å². The van der Waals surface area contributed by atoms with Gasteiger partial charge in [0.05, 0.1) is 0 Å². The first-order valence-corrected chi connectivity index (χ1v) is 3.79. The maximum Gasteiger partial charge on any atom is 1.00 e. The van der Waals surface area contributed by atoms with Crippen LogP contribution in [0.25, 0.3) is 0 Å². The zero-order chi connectivity index (χ0) is 6.85. The molecule has 10 heavy (non-hydrogen) atoms. The third-order valence-electron chi connectivity index (χ3n) is 1.28. The first-order chi connectivity index (χ1) is 4.18. The third-order valence-corrected chi connectivity index (χ3v) is 1.69. The molecule has 1 aromatic carbocycles. The van der Waals surface area contributed by atoms with E-state index in [9.17, 15) is 0 Å². The fourth-order valence-electron chi connectivity index (χ4n) is 1.07. The van der Waals surface area contributed by atoms with Crippen molar-refractivity contribution in [3.8, 4) is 0 Å². The number of hydrogen-bond acceptors (Lipinski definition) is 0. The van der Waals surface area contributed by atoms with Gasteiger partial charge in [-0.25, -0.2) is 0 Å². The van der Waals surface area contributed by atoms with E-state index in [1.807, 2.05) is 10.2 Å². The van der Waals surface area contributed by atoms with Crippen LogP contribution in [0.1, 0.15) is 12.6 Å². The van der Waals surface area contributed by atoms with Crippen LogP contribution in [0, 0.1) is 13.8 Å². The van der Waals surface area contributed by atoms with E-state index >= 15 is 0 Å². The molecule has 1 aromatic rings. The van der Waals surface area contributed by atoms with Crippen molar-refractivity contribution in [2.24, 2.45) is 0 Å². The molecule has 0 spiro atoms. The predicted molar refractivity (Wildman–Crippen MR) is 45.2 cm³/mol. The van der Waals surface area contributed by atoms with Gasteiger partial charge in [0, 0.05) is 10.2 Å². The molecule has 2 heteroatoms. The molecule has 0 fully saturated rings. The van der Waals surface area contributed by atoms with E-state index in [4.69, 9.17) is 0 Å². The van der Waals surface area contributed by atoms with Crippen LogP contribution in [0.3, 0.4) is 0 Å². The van der Waals surface area contributed by atoms with Crippen molar-refractivity contribution < 1.29 is 20.3 Å². The molecule has 0 aliphatic heterocycles. The van der Waals surface area contributed by atoms with Crippen LogP contribution < -0.4 is 24.0 Å². The minimum atomic E-state index is 0. The summed E-state index contributed by atoms with van der Waals surface area (Å²) in [7, 11) is 1.93. The van der Waals surface area contributed by atoms with E-state index in [0.717, 1.165) is 0 Å². The molecule has 0 atom stereocenters. The van der Waals surface area contributed by atoms with Gasteiger partial charge >= 0.3 is 18.9 Å². The van der Waals surface area contributed by atoms with Crippen LogP contribution in [0.5, 0.6) is 0 Å². The van der Waals surface area contributed by atoms with E-state index in [0.29, 0.717) is 0 Å². The van der Waals surface area contributed by atoms with Gasteiger partial charge in [-0.2, -0.15) is 0 Å². The molecule has 0 aliphatic carbocycles.